The van der Waals surface area contributed by atoms with Gasteiger partial charge in [-0.1, -0.05) is 0 Å². The average molecular weight is 396 g/mol. The van der Waals surface area contributed by atoms with E-state index >= 15 is 0 Å². The third kappa shape index (κ3) is 3.80. The lowest BCUT2D eigenvalue weighted by molar-refractivity contribution is 0.0751. The molecule has 0 aromatic carbocycles. The Morgan fingerprint density at radius 2 is 1.90 bits per heavy atom. The molecule has 1 fully saturated rings. The first-order valence-electron chi connectivity index (χ1n) is 9.60. The fourth-order valence-electron chi connectivity index (χ4n) is 3.38. The number of fused-ring (bicyclic) bond motifs is 1. The van der Waals surface area contributed by atoms with Crippen LogP contribution in [0.5, 0.6) is 5.75 Å². The monoisotopic (exact) mass is 396 g/mol. The molecule has 0 radical (unpaired) electrons. The minimum Gasteiger partial charge on any atom is -0.496 e. The topological polar surface area (TPSA) is 85.1 Å². The van der Waals surface area contributed by atoms with E-state index in [9.17, 15) is 4.79 Å². The summed E-state index contributed by atoms with van der Waals surface area (Å²) in [5.74, 6) is 1.57. The van der Waals surface area contributed by atoms with Gasteiger partial charge in [-0.15, -0.1) is 0 Å². The highest BCUT2D eigenvalue weighted by Crippen LogP contribution is 2.31. The summed E-state index contributed by atoms with van der Waals surface area (Å²) in [6, 6.07) is 3.75. The van der Waals surface area contributed by atoms with Gasteiger partial charge in [0.25, 0.3) is 0 Å². The molecule has 1 saturated heterocycles. The summed E-state index contributed by atoms with van der Waals surface area (Å²) in [6.07, 6.45) is 6.73. The van der Waals surface area contributed by atoms with E-state index in [0.717, 1.165) is 28.3 Å². The van der Waals surface area contributed by atoms with Crippen molar-refractivity contribution in [2.45, 2.75) is 20.0 Å². The maximum atomic E-state index is 12.1. The number of nitrogens with zero attached hydrogens (tertiary/aromatic N) is 6. The Morgan fingerprint density at radius 3 is 2.62 bits per heavy atom. The van der Waals surface area contributed by atoms with E-state index in [4.69, 9.17) is 14.5 Å². The van der Waals surface area contributed by atoms with Crippen molar-refractivity contribution in [2.75, 3.05) is 38.2 Å². The van der Waals surface area contributed by atoms with Crippen LogP contribution in [0.2, 0.25) is 0 Å². The molecule has 0 bridgehead atoms. The van der Waals surface area contributed by atoms with Crippen LogP contribution in [0.4, 0.5) is 10.6 Å². The first-order valence-corrected chi connectivity index (χ1v) is 9.60. The van der Waals surface area contributed by atoms with Gasteiger partial charge in [0, 0.05) is 50.3 Å². The first-order chi connectivity index (χ1) is 14.1. The summed E-state index contributed by atoms with van der Waals surface area (Å²) in [4.78, 5) is 25.0. The minimum atomic E-state index is -0.259. The van der Waals surface area contributed by atoms with Gasteiger partial charge in [-0.3, -0.25) is 4.98 Å². The number of carbonyl (C=O) groups excluding carboxylic acids is 1. The summed E-state index contributed by atoms with van der Waals surface area (Å²) in [5, 5.41) is 4.40. The second-order valence-electron chi connectivity index (χ2n) is 7.09. The van der Waals surface area contributed by atoms with Gasteiger partial charge in [-0.2, -0.15) is 5.10 Å². The molecule has 0 N–H and O–H groups in total. The van der Waals surface area contributed by atoms with E-state index in [1.165, 1.54) is 0 Å². The molecule has 1 amide bonds. The third-order valence-electron chi connectivity index (χ3n) is 4.84. The van der Waals surface area contributed by atoms with Gasteiger partial charge in [0.1, 0.15) is 11.6 Å². The van der Waals surface area contributed by atoms with Crippen molar-refractivity contribution < 1.29 is 14.3 Å². The predicted octanol–water partition coefficient (Wildman–Crippen LogP) is 2.47. The Balaban J connectivity index is 1.56. The fraction of sp³-hybridized carbons (Fsp3) is 0.400. The van der Waals surface area contributed by atoms with Crippen molar-refractivity contribution in [3.63, 3.8) is 0 Å². The van der Waals surface area contributed by atoms with Gasteiger partial charge >= 0.3 is 6.09 Å². The van der Waals surface area contributed by atoms with Crippen LogP contribution in [0.1, 0.15) is 13.8 Å². The lowest BCUT2D eigenvalue weighted by Crippen LogP contribution is -2.49. The molecule has 9 nitrogen and oxygen atoms in total. The molecule has 152 valence electrons. The maximum absolute atomic E-state index is 12.1. The zero-order chi connectivity index (χ0) is 20.4. The molecular formula is C20H24N6O3. The largest absolute Gasteiger partial charge is 0.496 e. The minimum absolute atomic E-state index is 0.116. The number of piperazine rings is 1. The number of hydrogen-bond donors (Lipinski definition) is 0. The van der Waals surface area contributed by atoms with Crippen molar-refractivity contribution in [1.29, 1.82) is 0 Å². The zero-order valence-corrected chi connectivity index (χ0v) is 16.8. The van der Waals surface area contributed by atoms with Crippen molar-refractivity contribution in [2.24, 2.45) is 0 Å². The molecule has 0 saturated carbocycles. The van der Waals surface area contributed by atoms with Crippen molar-refractivity contribution in [1.82, 2.24) is 24.5 Å². The van der Waals surface area contributed by atoms with E-state index < -0.39 is 0 Å². The molecule has 3 aromatic heterocycles. The Hall–Kier alpha value is -3.36. The Labute approximate surface area is 168 Å². The quantitative estimate of drug-likeness (QED) is 0.670. The van der Waals surface area contributed by atoms with Gasteiger partial charge in [-0.05, 0) is 26.0 Å². The average Bonchev–Trinajstić information content (AvgIpc) is 3.16. The molecule has 0 spiro atoms. The second kappa shape index (κ2) is 7.94. The smallest absolute Gasteiger partial charge is 0.410 e. The summed E-state index contributed by atoms with van der Waals surface area (Å²) in [5.41, 5.74) is 2.43. The third-order valence-corrected chi connectivity index (χ3v) is 4.84. The van der Waals surface area contributed by atoms with Crippen LogP contribution < -0.4 is 9.64 Å². The van der Waals surface area contributed by atoms with Gasteiger partial charge in [-0.25, -0.2) is 14.3 Å². The van der Waals surface area contributed by atoms with Crippen molar-refractivity contribution in [3.05, 3.63) is 36.9 Å². The Bertz CT molecular complexity index is 1010. The van der Waals surface area contributed by atoms with Gasteiger partial charge < -0.3 is 19.3 Å². The standard InChI is InChI=1S/C20H24N6O3/c1-14(2)29-20(27)25-10-8-24(9-11-25)18-5-7-26-19(23-18)16(13-22-26)15-12-21-6-4-17(15)28-3/h4-7,12-14H,8-11H2,1-3H3. The Morgan fingerprint density at radius 1 is 1.10 bits per heavy atom. The highest BCUT2D eigenvalue weighted by molar-refractivity contribution is 5.81. The molecule has 0 atom stereocenters. The molecule has 3 aromatic rings. The molecule has 4 rings (SSSR count). The number of anilines is 1. The molecular weight excluding hydrogens is 372 g/mol. The number of rotatable bonds is 4. The molecule has 0 unspecified atom stereocenters. The fourth-order valence-corrected chi connectivity index (χ4v) is 3.38. The normalized spacial score (nSPS) is 14.5. The van der Waals surface area contributed by atoms with Gasteiger partial charge in [0.15, 0.2) is 5.65 Å². The first kappa shape index (κ1) is 19.0. The highest BCUT2D eigenvalue weighted by atomic mass is 16.6. The predicted molar refractivity (Wildman–Crippen MR) is 108 cm³/mol. The molecule has 0 aliphatic carbocycles. The zero-order valence-electron chi connectivity index (χ0n) is 16.8. The van der Waals surface area contributed by atoms with E-state index in [-0.39, 0.29) is 12.2 Å². The van der Waals surface area contributed by atoms with Crippen molar-refractivity contribution >= 4 is 17.6 Å². The van der Waals surface area contributed by atoms with Gasteiger partial charge in [0.05, 0.1) is 25.0 Å². The molecule has 29 heavy (non-hydrogen) atoms. The molecule has 1 aliphatic rings. The highest BCUT2D eigenvalue weighted by Gasteiger charge is 2.24. The maximum Gasteiger partial charge on any atom is 0.410 e. The summed E-state index contributed by atoms with van der Waals surface area (Å²) in [6.45, 7) is 6.29. The van der Waals surface area contributed by atoms with Crippen molar-refractivity contribution in [3.8, 4) is 16.9 Å². The van der Waals surface area contributed by atoms with E-state index in [1.54, 1.807) is 35.1 Å². The van der Waals surface area contributed by atoms with Crippen LogP contribution in [-0.4, -0.2) is 70.0 Å². The number of methoxy groups -OCH3 is 1. The number of pyridine rings is 1. The van der Waals surface area contributed by atoms with Crippen LogP contribution in [0.15, 0.2) is 36.9 Å². The van der Waals surface area contributed by atoms with Crippen LogP contribution in [0.25, 0.3) is 16.8 Å². The van der Waals surface area contributed by atoms with Crippen LogP contribution in [-0.2, 0) is 4.74 Å². The number of hydrogen-bond acceptors (Lipinski definition) is 7. The number of carbonyl (C=O) groups is 1. The summed E-state index contributed by atoms with van der Waals surface area (Å²) < 4.78 is 12.5. The molecule has 9 heteroatoms. The number of ether oxygens (including phenoxy) is 2. The van der Waals surface area contributed by atoms with E-state index in [0.29, 0.717) is 26.2 Å². The lowest BCUT2D eigenvalue weighted by atomic mass is 10.1. The SMILES string of the molecule is COc1ccncc1-c1cnn2ccc(N3CCN(C(=O)OC(C)C)CC3)nc12. The lowest BCUT2D eigenvalue weighted by Gasteiger charge is -2.35. The summed E-state index contributed by atoms with van der Waals surface area (Å²) >= 11 is 0. The number of amides is 1. The van der Waals surface area contributed by atoms with Gasteiger partial charge in [0.2, 0.25) is 0 Å². The van der Waals surface area contributed by atoms with E-state index in [2.05, 4.69) is 15.0 Å². The molecule has 4 heterocycles. The second-order valence-corrected chi connectivity index (χ2v) is 7.09. The van der Waals surface area contributed by atoms with Crippen LogP contribution >= 0.6 is 0 Å². The number of aromatic nitrogens is 4. The molecule has 1 aliphatic heterocycles. The summed E-state index contributed by atoms with van der Waals surface area (Å²) in [7, 11) is 1.63. The van der Waals surface area contributed by atoms with E-state index in [1.807, 2.05) is 32.2 Å². The van der Waals surface area contributed by atoms with Crippen LogP contribution in [0, 0.1) is 0 Å². The Kier molecular flexibility index (Phi) is 5.20. The van der Waals surface area contributed by atoms with Crippen LogP contribution in [0.3, 0.4) is 0 Å².